The summed E-state index contributed by atoms with van der Waals surface area (Å²) in [4.78, 5) is 13.9. The molecule has 1 aliphatic rings. The highest BCUT2D eigenvalue weighted by atomic mass is 16.1. The number of carbonyl (C=O) groups is 1. The van der Waals surface area contributed by atoms with E-state index in [0.717, 1.165) is 17.8 Å². The lowest BCUT2D eigenvalue weighted by Gasteiger charge is -2.34. The van der Waals surface area contributed by atoms with E-state index in [1.807, 2.05) is 25.3 Å². The fourth-order valence-corrected chi connectivity index (χ4v) is 2.78. The van der Waals surface area contributed by atoms with Crippen LogP contribution in [0.15, 0.2) is 30.5 Å². The van der Waals surface area contributed by atoms with E-state index in [0.29, 0.717) is 13.0 Å². The van der Waals surface area contributed by atoms with Gasteiger partial charge in [0.05, 0.1) is 12.2 Å². The Kier molecular flexibility index (Phi) is 3.28. The Bertz CT molecular complexity index is 634. The van der Waals surface area contributed by atoms with Crippen molar-refractivity contribution in [1.29, 1.82) is 0 Å². The number of aryl methyl sites for hydroxylation is 1. The summed E-state index contributed by atoms with van der Waals surface area (Å²) in [6, 6.07) is 7.98. The summed E-state index contributed by atoms with van der Waals surface area (Å²) < 4.78 is 0. The second kappa shape index (κ2) is 5.09. The van der Waals surface area contributed by atoms with Crippen LogP contribution in [0, 0.1) is 6.92 Å². The van der Waals surface area contributed by atoms with Gasteiger partial charge in [-0.25, -0.2) is 0 Å². The third-order valence-electron chi connectivity index (χ3n) is 3.98. The Balaban J connectivity index is 1.89. The minimum atomic E-state index is -0.263. The SMILES string of the molecule is Cc1[nH]ncc1CN1Cc2ccccc2CC1C(N)=O. The number of rotatable bonds is 3. The quantitative estimate of drug-likeness (QED) is 0.878. The minimum Gasteiger partial charge on any atom is -0.368 e. The summed E-state index contributed by atoms with van der Waals surface area (Å²) in [5, 5.41) is 6.96. The van der Waals surface area contributed by atoms with Crippen molar-refractivity contribution in [2.45, 2.75) is 32.5 Å². The maximum absolute atomic E-state index is 11.7. The van der Waals surface area contributed by atoms with Gasteiger partial charge in [0.2, 0.25) is 5.91 Å². The summed E-state index contributed by atoms with van der Waals surface area (Å²) in [6.45, 7) is 3.41. The van der Waals surface area contributed by atoms with Crippen molar-refractivity contribution in [2.24, 2.45) is 5.73 Å². The van der Waals surface area contributed by atoms with Gasteiger partial charge in [0.15, 0.2) is 0 Å². The zero-order chi connectivity index (χ0) is 14.1. The molecule has 3 N–H and O–H groups in total. The average Bonchev–Trinajstić information content (AvgIpc) is 2.83. The smallest absolute Gasteiger partial charge is 0.235 e. The Morgan fingerprint density at radius 2 is 2.20 bits per heavy atom. The molecule has 104 valence electrons. The van der Waals surface area contributed by atoms with Crippen LogP contribution in [0.1, 0.15) is 22.4 Å². The van der Waals surface area contributed by atoms with Crippen LogP contribution in [-0.2, 0) is 24.3 Å². The number of nitrogens with zero attached hydrogens (tertiary/aromatic N) is 2. The maximum atomic E-state index is 11.7. The third kappa shape index (κ3) is 2.32. The number of nitrogens with one attached hydrogen (secondary N) is 1. The van der Waals surface area contributed by atoms with Gasteiger partial charge in [0, 0.05) is 24.3 Å². The molecular formula is C15H18N4O. The van der Waals surface area contributed by atoms with Crippen LogP contribution in [0.4, 0.5) is 0 Å². The number of fused-ring (bicyclic) bond motifs is 1. The second-order valence-electron chi connectivity index (χ2n) is 5.32. The van der Waals surface area contributed by atoms with Crippen molar-refractivity contribution in [1.82, 2.24) is 15.1 Å². The Morgan fingerprint density at radius 1 is 1.45 bits per heavy atom. The van der Waals surface area contributed by atoms with E-state index in [1.165, 1.54) is 11.1 Å². The van der Waals surface area contributed by atoms with Gasteiger partial charge in [-0.15, -0.1) is 0 Å². The maximum Gasteiger partial charge on any atom is 0.235 e. The van der Waals surface area contributed by atoms with Crippen molar-refractivity contribution < 1.29 is 4.79 Å². The highest BCUT2D eigenvalue weighted by Crippen LogP contribution is 2.25. The molecule has 5 nitrogen and oxygen atoms in total. The molecule has 3 rings (SSSR count). The molecule has 2 heterocycles. The number of benzene rings is 1. The monoisotopic (exact) mass is 270 g/mol. The van der Waals surface area contributed by atoms with Gasteiger partial charge in [-0.2, -0.15) is 5.10 Å². The van der Waals surface area contributed by atoms with Gasteiger partial charge >= 0.3 is 0 Å². The van der Waals surface area contributed by atoms with E-state index >= 15 is 0 Å². The van der Waals surface area contributed by atoms with Crippen molar-refractivity contribution >= 4 is 5.91 Å². The number of H-pyrrole nitrogens is 1. The molecule has 1 unspecified atom stereocenters. The summed E-state index contributed by atoms with van der Waals surface area (Å²) >= 11 is 0. The summed E-state index contributed by atoms with van der Waals surface area (Å²) in [6.07, 6.45) is 2.50. The van der Waals surface area contributed by atoms with E-state index in [1.54, 1.807) is 0 Å². The highest BCUT2D eigenvalue weighted by Gasteiger charge is 2.30. The number of nitrogens with two attached hydrogens (primary N) is 1. The van der Waals surface area contributed by atoms with Gasteiger partial charge in [-0.05, 0) is 24.5 Å². The number of aromatic nitrogens is 2. The van der Waals surface area contributed by atoms with E-state index in [9.17, 15) is 4.79 Å². The average molecular weight is 270 g/mol. The van der Waals surface area contributed by atoms with Crippen LogP contribution < -0.4 is 5.73 Å². The van der Waals surface area contributed by atoms with Crippen LogP contribution in [-0.4, -0.2) is 27.0 Å². The summed E-state index contributed by atoms with van der Waals surface area (Å²) in [5.74, 6) is -0.263. The van der Waals surface area contributed by atoms with Crippen molar-refractivity contribution in [2.75, 3.05) is 0 Å². The van der Waals surface area contributed by atoms with E-state index in [-0.39, 0.29) is 11.9 Å². The fourth-order valence-electron chi connectivity index (χ4n) is 2.78. The number of amides is 1. The third-order valence-corrected chi connectivity index (χ3v) is 3.98. The molecule has 0 radical (unpaired) electrons. The molecule has 2 aromatic rings. The molecule has 1 atom stereocenters. The molecule has 5 heteroatoms. The van der Waals surface area contributed by atoms with Crippen LogP contribution in [0.25, 0.3) is 0 Å². The van der Waals surface area contributed by atoms with Crippen LogP contribution >= 0.6 is 0 Å². The molecule has 1 aliphatic heterocycles. The second-order valence-corrected chi connectivity index (χ2v) is 5.32. The first-order valence-electron chi connectivity index (χ1n) is 6.74. The van der Waals surface area contributed by atoms with Crippen LogP contribution in [0.2, 0.25) is 0 Å². The Morgan fingerprint density at radius 3 is 2.85 bits per heavy atom. The zero-order valence-corrected chi connectivity index (χ0v) is 11.5. The van der Waals surface area contributed by atoms with E-state index < -0.39 is 0 Å². The lowest BCUT2D eigenvalue weighted by Crippen LogP contribution is -2.48. The zero-order valence-electron chi connectivity index (χ0n) is 11.5. The van der Waals surface area contributed by atoms with Crippen LogP contribution in [0.5, 0.6) is 0 Å². The molecular weight excluding hydrogens is 252 g/mol. The lowest BCUT2D eigenvalue weighted by atomic mass is 9.93. The molecule has 1 aromatic carbocycles. The number of primary amides is 1. The van der Waals surface area contributed by atoms with E-state index in [4.69, 9.17) is 5.73 Å². The van der Waals surface area contributed by atoms with Gasteiger partial charge in [-0.3, -0.25) is 14.8 Å². The minimum absolute atomic E-state index is 0.251. The molecule has 0 saturated carbocycles. The topological polar surface area (TPSA) is 75.0 Å². The molecule has 0 bridgehead atoms. The van der Waals surface area contributed by atoms with Crippen molar-refractivity contribution in [3.63, 3.8) is 0 Å². The fraction of sp³-hybridized carbons (Fsp3) is 0.333. The summed E-state index contributed by atoms with van der Waals surface area (Å²) in [7, 11) is 0. The van der Waals surface area contributed by atoms with Crippen molar-refractivity contribution in [3.8, 4) is 0 Å². The normalized spacial score (nSPS) is 18.8. The van der Waals surface area contributed by atoms with Gasteiger partial charge in [0.1, 0.15) is 0 Å². The highest BCUT2D eigenvalue weighted by molar-refractivity contribution is 5.80. The predicted octanol–water partition coefficient (Wildman–Crippen LogP) is 1.13. The van der Waals surface area contributed by atoms with Crippen molar-refractivity contribution in [3.05, 3.63) is 52.8 Å². The van der Waals surface area contributed by atoms with Crippen LogP contribution in [0.3, 0.4) is 0 Å². The lowest BCUT2D eigenvalue weighted by molar-refractivity contribution is -0.124. The molecule has 1 amide bonds. The Hall–Kier alpha value is -2.14. The largest absolute Gasteiger partial charge is 0.368 e. The summed E-state index contributed by atoms with van der Waals surface area (Å²) in [5.41, 5.74) is 10.2. The molecule has 0 aliphatic carbocycles. The first kappa shape index (κ1) is 12.9. The van der Waals surface area contributed by atoms with Gasteiger partial charge < -0.3 is 5.73 Å². The van der Waals surface area contributed by atoms with E-state index in [2.05, 4.69) is 27.2 Å². The number of hydrogen-bond acceptors (Lipinski definition) is 3. The van der Waals surface area contributed by atoms with Gasteiger partial charge in [0.25, 0.3) is 0 Å². The molecule has 0 fully saturated rings. The number of aromatic amines is 1. The standard InChI is InChI=1S/C15H18N4O/c1-10-13(7-17-18-10)9-19-8-12-5-3-2-4-11(12)6-14(19)15(16)20/h2-5,7,14H,6,8-9H2,1H3,(H2,16,20)(H,17,18). The molecule has 20 heavy (non-hydrogen) atoms. The molecule has 0 spiro atoms. The Labute approximate surface area is 117 Å². The predicted molar refractivity (Wildman–Crippen MR) is 75.7 cm³/mol. The van der Waals surface area contributed by atoms with Gasteiger partial charge in [-0.1, -0.05) is 24.3 Å². The number of carbonyl (C=O) groups excluding carboxylic acids is 1. The number of hydrogen-bond donors (Lipinski definition) is 2. The first-order valence-corrected chi connectivity index (χ1v) is 6.74. The molecule has 1 aromatic heterocycles. The molecule has 0 saturated heterocycles. The first-order chi connectivity index (χ1) is 9.65.